The molecule has 15 heavy (non-hydrogen) atoms. The normalized spacial score (nSPS) is 21.9. The van der Waals surface area contributed by atoms with Crippen molar-refractivity contribution in [2.45, 2.75) is 52.4 Å². The van der Waals surface area contributed by atoms with Gasteiger partial charge in [-0.2, -0.15) is 0 Å². The molecule has 1 aliphatic rings. The predicted octanol–water partition coefficient (Wildman–Crippen LogP) is 3.20. The lowest BCUT2D eigenvalue weighted by molar-refractivity contribution is -0.131. The molecule has 2 nitrogen and oxygen atoms in total. The average molecular weight is 212 g/mol. The van der Waals surface area contributed by atoms with Crippen LogP contribution in [-0.4, -0.2) is 19.0 Å². The van der Waals surface area contributed by atoms with Crippen LogP contribution in [0.5, 0.6) is 0 Å². The molecule has 0 amide bonds. The molecule has 0 aromatic rings. The number of Topliss-reactive ketones (excluding diaryl/α,β-unsaturated/α-hetero) is 1. The standard InChI is InChI=1S/C13H24O2/c1-3-6-11(7-4-2)13(14)12-8-5-9-15-10-12/h11-12H,3-10H2,1-2H3. The highest BCUT2D eigenvalue weighted by Gasteiger charge is 2.27. The average Bonchev–Trinajstić information content (AvgIpc) is 2.29. The molecule has 0 radical (unpaired) electrons. The van der Waals surface area contributed by atoms with Gasteiger partial charge in [0.05, 0.1) is 6.61 Å². The van der Waals surface area contributed by atoms with E-state index in [1.54, 1.807) is 0 Å². The van der Waals surface area contributed by atoms with E-state index in [0.717, 1.165) is 45.1 Å². The number of carbonyl (C=O) groups is 1. The van der Waals surface area contributed by atoms with Crippen molar-refractivity contribution in [2.24, 2.45) is 11.8 Å². The summed E-state index contributed by atoms with van der Waals surface area (Å²) in [6, 6.07) is 0. The van der Waals surface area contributed by atoms with Gasteiger partial charge in [-0.3, -0.25) is 4.79 Å². The second-order valence-electron chi connectivity index (χ2n) is 4.59. The SMILES string of the molecule is CCCC(CCC)C(=O)C1CCCOC1. The van der Waals surface area contributed by atoms with Crippen molar-refractivity contribution in [3.05, 3.63) is 0 Å². The van der Waals surface area contributed by atoms with E-state index < -0.39 is 0 Å². The van der Waals surface area contributed by atoms with Gasteiger partial charge in [0.15, 0.2) is 0 Å². The lowest BCUT2D eigenvalue weighted by Crippen LogP contribution is -2.30. The molecule has 0 aromatic carbocycles. The molecule has 2 heteroatoms. The number of hydrogen-bond donors (Lipinski definition) is 0. The first-order valence-electron chi connectivity index (χ1n) is 6.41. The van der Waals surface area contributed by atoms with E-state index in [1.807, 2.05) is 0 Å². The second kappa shape index (κ2) is 7.00. The first-order chi connectivity index (χ1) is 7.29. The zero-order valence-electron chi connectivity index (χ0n) is 10.1. The third-order valence-electron chi connectivity index (χ3n) is 3.24. The Kier molecular flexibility index (Phi) is 5.92. The van der Waals surface area contributed by atoms with Gasteiger partial charge in [-0.05, 0) is 25.7 Å². The molecule has 1 aliphatic heterocycles. The molecule has 0 bridgehead atoms. The Morgan fingerprint density at radius 3 is 2.47 bits per heavy atom. The lowest BCUT2D eigenvalue weighted by Gasteiger charge is -2.25. The fourth-order valence-electron chi connectivity index (χ4n) is 2.42. The van der Waals surface area contributed by atoms with Gasteiger partial charge in [0.2, 0.25) is 0 Å². The monoisotopic (exact) mass is 212 g/mol. The summed E-state index contributed by atoms with van der Waals surface area (Å²) >= 11 is 0. The summed E-state index contributed by atoms with van der Waals surface area (Å²) in [5.74, 6) is 0.965. The smallest absolute Gasteiger partial charge is 0.141 e. The van der Waals surface area contributed by atoms with Crippen LogP contribution < -0.4 is 0 Å². The van der Waals surface area contributed by atoms with Gasteiger partial charge in [-0.25, -0.2) is 0 Å². The molecule has 0 aromatic heterocycles. The van der Waals surface area contributed by atoms with E-state index in [0.29, 0.717) is 18.3 Å². The maximum atomic E-state index is 12.2. The maximum Gasteiger partial charge on any atom is 0.141 e. The van der Waals surface area contributed by atoms with E-state index in [4.69, 9.17) is 4.74 Å². The van der Waals surface area contributed by atoms with Gasteiger partial charge in [0.25, 0.3) is 0 Å². The summed E-state index contributed by atoms with van der Waals surface area (Å²) in [5.41, 5.74) is 0. The van der Waals surface area contributed by atoms with Crippen molar-refractivity contribution >= 4 is 5.78 Å². The van der Waals surface area contributed by atoms with E-state index in [1.165, 1.54) is 0 Å². The van der Waals surface area contributed by atoms with Crippen molar-refractivity contribution in [3.63, 3.8) is 0 Å². The Bertz CT molecular complexity index is 177. The summed E-state index contributed by atoms with van der Waals surface area (Å²) in [7, 11) is 0. The molecule has 88 valence electrons. The molecule has 1 atom stereocenters. The van der Waals surface area contributed by atoms with Crippen LogP contribution >= 0.6 is 0 Å². The molecule has 1 unspecified atom stereocenters. The summed E-state index contributed by atoms with van der Waals surface area (Å²) < 4.78 is 5.39. The topological polar surface area (TPSA) is 26.3 Å². The van der Waals surface area contributed by atoms with Gasteiger partial charge in [-0.15, -0.1) is 0 Å². The molecule has 1 saturated heterocycles. The highest BCUT2D eigenvalue weighted by atomic mass is 16.5. The minimum Gasteiger partial charge on any atom is -0.381 e. The Morgan fingerprint density at radius 1 is 1.33 bits per heavy atom. The van der Waals surface area contributed by atoms with Crippen LogP contribution in [0.2, 0.25) is 0 Å². The molecule has 1 rings (SSSR count). The van der Waals surface area contributed by atoms with Crippen LogP contribution in [0.25, 0.3) is 0 Å². The Morgan fingerprint density at radius 2 is 2.00 bits per heavy atom. The number of rotatable bonds is 6. The van der Waals surface area contributed by atoms with Gasteiger partial charge >= 0.3 is 0 Å². The van der Waals surface area contributed by atoms with Gasteiger partial charge in [-0.1, -0.05) is 26.7 Å². The minimum absolute atomic E-state index is 0.196. The van der Waals surface area contributed by atoms with E-state index in [9.17, 15) is 4.79 Å². The summed E-state index contributed by atoms with van der Waals surface area (Å²) in [4.78, 5) is 12.2. The quantitative estimate of drug-likeness (QED) is 0.676. The van der Waals surface area contributed by atoms with Crippen molar-refractivity contribution in [2.75, 3.05) is 13.2 Å². The fraction of sp³-hybridized carbons (Fsp3) is 0.923. The summed E-state index contributed by atoms with van der Waals surface area (Å²) in [5, 5.41) is 0. The number of ether oxygens (including phenoxy) is 1. The van der Waals surface area contributed by atoms with E-state index in [-0.39, 0.29) is 5.92 Å². The summed E-state index contributed by atoms with van der Waals surface area (Å²) in [6.07, 6.45) is 6.45. The zero-order chi connectivity index (χ0) is 11.1. The third-order valence-corrected chi connectivity index (χ3v) is 3.24. The van der Waals surface area contributed by atoms with Crippen molar-refractivity contribution in [1.29, 1.82) is 0 Å². The first kappa shape index (κ1) is 12.7. The first-order valence-corrected chi connectivity index (χ1v) is 6.41. The van der Waals surface area contributed by atoms with Crippen LogP contribution in [0, 0.1) is 11.8 Å². The molecular weight excluding hydrogens is 188 g/mol. The molecule has 0 N–H and O–H groups in total. The molecule has 1 fully saturated rings. The zero-order valence-corrected chi connectivity index (χ0v) is 10.1. The number of hydrogen-bond acceptors (Lipinski definition) is 2. The van der Waals surface area contributed by atoms with E-state index in [2.05, 4.69) is 13.8 Å². The highest BCUT2D eigenvalue weighted by Crippen LogP contribution is 2.24. The molecule has 0 aliphatic carbocycles. The lowest BCUT2D eigenvalue weighted by atomic mass is 9.84. The Labute approximate surface area is 93.4 Å². The van der Waals surface area contributed by atoms with Gasteiger partial charge in [0.1, 0.15) is 5.78 Å². The van der Waals surface area contributed by atoms with Crippen molar-refractivity contribution < 1.29 is 9.53 Å². The minimum atomic E-state index is 0.196. The third kappa shape index (κ3) is 3.94. The Balaban J connectivity index is 2.45. The number of carbonyl (C=O) groups excluding carboxylic acids is 1. The van der Waals surface area contributed by atoms with Crippen LogP contribution in [0.4, 0.5) is 0 Å². The molecule has 0 spiro atoms. The molecule has 1 heterocycles. The van der Waals surface area contributed by atoms with Crippen LogP contribution in [0.1, 0.15) is 52.4 Å². The van der Waals surface area contributed by atoms with Crippen LogP contribution in [-0.2, 0) is 9.53 Å². The van der Waals surface area contributed by atoms with Gasteiger partial charge < -0.3 is 4.74 Å². The molecular formula is C13H24O2. The Hall–Kier alpha value is -0.370. The van der Waals surface area contributed by atoms with Crippen LogP contribution in [0.15, 0.2) is 0 Å². The molecule has 0 saturated carbocycles. The second-order valence-corrected chi connectivity index (χ2v) is 4.59. The van der Waals surface area contributed by atoms with Crippen molar-refractivity contribution in [3.8, 4) is 0 Å². The largest absolute Gasteiger partial charge is 0.381 e. The highest BCUT2D eigenvalue weighted by molar-refractivity contribution is 5.83. The number of ketones is 1. The maximum absolute atomic E-state index is 12.2. The van der Waals surface area contributed by atoms with Gasteiger partial charge in [0, 0.05) is 18.4 Å². The van der Waals surface area contributed by atoms with E-state index >= 15 is 0 Å². The summed E-state index contributed by atoms with van der Waals surface area (Å²) in [6.45, 7) is 5.83. The predicted molar refractivity (Wildman–Crippen MR) is 61.9 cm³/mol. The van der Waals surface area contributed by atoms with Crippen LogP contribution in [0.3, 0.4) is 0 Å². The van der Waals surface area contributed by atoms with Crippen molar-refractivity contribution in [1.82, 2.24) is 0 Å². The fourth-order valence-corrected chi connectivity index (χ4v) is 2.42.